The number of carboxylic acids is 1. The van der Waals surface area contributed by atoms with Crippen molar-refractivity contribution in [3.63, 3.8) is 0 Å². The lowest BCUT2D eigenvalue weighted by molar-refractivity contribution is -0.144. The summed E-state index contributed by atoms with van der Waals surface area (Å²) in [6.45, 7) is 6.39. The number of nitrogens with zero attached hydrogens (tertiary/aromatic N) is 1. The van der Waals surface area contributed by atoms with Crippen LogP contribution in [0.2, 0.25) is 0 Å². The predicted octanol–water partition coefficient (Wildman–Crippen LogP) is 3.39. The van der Waals surface area contributed by atoms with E-state index in [1.54, 1.807) is 0 Å². The number of rotatable bonds is 6. The van der Waals surface area contributed by atoms with E-state index in [0.29, 0.717) is 17.9 Å². The van der Waals surface area contributed by atoms with Crippen molar-refractivity contribution in [2.24, 2.45) is 11.8 Å². The highest BCUT2D eigenvalue weighted by atomic mass is 16.4. The molecule has 1 aliphatic carbocycles. The molecule has 1 fully saturated rings. The van der Waals surface area contributed by atoms with Crippen molar-refractivity contribution in [3.05, 3.63) is 0 Å². The Hall–Kier alpha value is -0.570. The van der Waals surface area contributed by atoms with Gasteiger partial charge in [0, 0.05) is 6.04 Å². The second-order valence-corrected chi connectivity index (χ2v) is 6.29. The van der Waals surface area contributed by atoms with Crippen LogP contribution in [-0.4, -0.2) is 35.1 Å². The molecule has 3 nitrogen and oxygen atoms in total. The molecule has 0 aromatic carbocycles. The van der Waals surface area contributed by atoms with Gasteiger partial charge in [0.2, 0.25) is 0 Å². The highest BCUT2D eigenvalue weighted by molar-refractivity contribution is 5.73. The van der Waals surface area contributed by atoms with E-state index in [2.05, 4.69) is 25.7 Å². The molecule has 18 heavy (non-hydrogen) atoms. The second-order valence-electron chi connectivity index (χ2n) is 6.29. The standard InChI is InChI=1S/C15H29NO2/c1-11(2)10-14(15(17)18)16(4)12(3)13-8-6-5-7-9-13/h11-14H,5-10H2,1-4H3,(H,17,18)/t12?,14-/m0/s1. The van der Waals surface area contributed by atoms with Crippen LogP contribution in [0.15, 0.2) is 0 Å². The summed E-state index contributed by atoms with van der Waals surface area (Å²) in [4.78, 5) is 13.5. The molecule has 1 aliphatic rings. The van der Waals surface area contributed by atoms with Crippen LogP contribution in [0.25, 0.3) is 0 Å². The van der Waals surface area contributed by atoms with E-state index in [1.165, 1.54) is 32.1 Å². The van der Waals surface area contributed by atoms with Crippen LogP contribution in [0.1, 0.15) is 59.3 Å². The first-order valence-corrected chi connectivity index (χ1v) is 7.38. The smallest absolute Gasteiger partial charge is 0.320 e. The summed E-state index contributed by atoms with van der Waals surface area (Å²) in [5, 5.41) is 9.40. The molecule has 0 saturated heterocycles. The Morgan fingerprint density at radius 3 is 2.22 bits per heavy atom. The minimum Gasteiger partial charge on any atom is -0.480 e. The molecule has 1 N–H and O–H groups in total. The van der Waals surface area contributed by atoms with Crippen LogP contribution >= 0.6 is 0 Å². The van der Waals surface area contributed by atoms with Gasteiger partial charge in [-0.1, -0.05) is 33.1 Å². The Morgan fingerprint density at radius 2 is 1.78 bits per heavy atom. The fourth-order valence-corrected chi connectivity index (χ4v) is 3.12. The predicted molar refractivity (Wildman–Crippen MR) is 74.7 cm³/mol. The number of carbonyl (C=O) groups is 1. The van der Waals surface area contributed by atoms with Gasteiger partial charge in [0.25, 0.3) is 0 Å². The number of carboxylic acid groups (broad SMARTS) is 1. The molecule has 1 rings (SSSR count). The molecule has 106 valence electrons. The average molecular weight is 255 g/mol. The monoisotopic (exact) mass is 255 g/mol. The van der Waals surface area contributed by atoms with E-state index < -0.39 is 5.97 Å². The SMILES string of the molecule is CC(C)C[C@@H](C(=O)O)N(C)C(C)C1CCCCC1. The van der Waals surface area contributed by atoms with Gasteiger partial charge in [-0.2, -0.15) is 0 Å². The Kier molecular flexibility index (Phi) is 6.13. The Labute approximate surface area is 112 Å². The van der Waals surface area contributed by atoms with Gasteiger partial charge in [-0.15, -0.1) is 0 Å². The highest BCUT2D eigenvalue weighted by Gasteiger charge is 2.31. The van der Waals surface area contributed by atoms with Crippen molar-refractivity contribution >= 4 is 5.97 Å². The molecule has 1 unspecified atom stereocenters. The van der Waals surface area contributed by atoms with Gasteiger partial charge >= 0.3 is 5.97 Å². The normalized spacial score (nSPS) is 21.2. The van der Waals surface area contributed by atoms with Crippen molar-refractivity contribution in [1.82, 2.24) is 4.90 Å². The maximum atomic E-state index is 11.4. The van der Waals surface area contributed by atoms with Crippen molar-refractivity contribution in [1.29, 1.82) is 0 Å². The minimum absolute atomic E-state index is 0.332. The third-order valence-corrected chi connectivity index (χ3v) is 4.45. The number of likely N-dealkylation sites (N-methyl/N-ethyl adjacent to an activating group) is 1. The second kappa shape index (κ2) is 7.13. The molecule has 0 heterocycles. The zero-order valence-corrected chi connectivity index (χ0v) is 12.4. The van der Waals surface area contributed by atoms with Gasteiger partial charge in [0.05, 0.1) is 0 Å². The van der Waals surface area contributed by atoms with E-state index in [4.69, 9.17) is 0 Å². The molecule has 0 aromatic rings. The molecular weight excluding hydrogens is 226 g/mol. The van der Waals surface area contributed by atoms with E-state index in [9.17, 15) is 9.90 Å². The summed E-state index contributed by atoms with van der Waals surface area (Å²) in [7, 11) is 1.99. The zero-order chi connectivity index (χ0) is 13.7. The number of aliphatic carboxylic acids is 1. The number of hydrogen-bond donors (Lipinski definition) is 1. The van der Waals surface area contributed by atoms with Gasteiger partial charge in [0.15, 0.2) is 0 Å². The summed E-state index contributed by atoms with van der Waals surface area (Å²) in [5.41, 5.74) is 0. The molecule has 1 saturated carbocycles. The fraction of sp³-hybridized carbons (Fsp3) is 0.933. The van der Waals surface area contributed by atoms with Crippen LogP contribution < -0.4 is 0 Å². The van der Waals surface area contributed by atoms with Gasteiger partial charge in [-0.3, -0.25) is 9.69 Å². The van der Waals surface area contributed by atoms with E-state index in [-0.39, 0.29) is 6.04 Å². The third kappa shape index (κ3) is 4.27. The molecular formula is C15H29NO2. The number of hydrogen-bond acceptors (Lipinski definition) is 2. The lowest BCUT2D eigenvalue weighted by atomic mass is 9.83. The average Bonchev–Trinajstić information content (AvgIpc) is 2.34. The molecule has 0 bridgehead atoms. The molecule has 2 atom stereocenters. The van der Waals surface area contributed by atoms with Gasteiger partial charge in [-0.25, -0.2) is 0 Å². The quantitative estimate of drug-likeness (QED) is 0.791. The highest BCUT2D eigenvalue weighted by Crippen LogP contribution is 2.29. The molecule has 3 heteroatoms. The van der Waals surface area contributed by atoms with E-state index in [0.717, 1.165) is 6.42 Å². The van der Waals surface area contributed by atoms with Gasteiger partial charge in [-0.05, 0) is 45.1 Å². The summed E-state index contributed by atoms with van der Waals surface area (Å²) >= 11 is 0. The summed E-state index contributed by atoms with van der Waals surface area (Å²) in [6, 6.07) is 0.0482. The summed E-state index contributed by atoms with van der Waals surface area (Å²) in [5.74, 6) is 0.429. The van der Waals surface area contributed by atoms with Crippen molar-refractivity contribution in [2.45, 2.75) is 71.4 Å². The third-order valence-electron chi connectivity index (χ3n) is 4.45. The Balaban J connectivity index is 2.62. The maximum absolute atomic E-state index is 11.4. The molecule has 0 radical (unpaired) electrons. The van der Waals surface area contributed by atoms with Crippen LogP contribution in [-0.2, 0) is 4.79 Å². The summed E-state index contributed by atoms with van der Waals surface area (Å²) in [6.07, 6.45) is 7.23. The van der Waals surface area contributed by atoms with Crippen LogP contribution in [0.4, 0.5) is 0 Å². The van der Waals surface area contributed by atoms with Gasteiger partial charge in [0.1, 0.15) is 6.04 Å². The Bertz CT molecular complexity index is 259. The zero-order valence-electron chi connectivity index (χ0n) is 12.4. The lowest BCUT2D eigenvalue weighted by Crippen LogP contribution is -2.47. The minimum atomic E-state index is -0.672. The molecule has 0 spiro atoms. The maximum Gasteiger partial charge on any atom is 0.320 e. The molecule has 0 aliphatic heterocycles. The van der Waals surface area contributed by atoms with Crippen LogP contribution in [0, 0.1) is 11.8 Å². The van der Waals surface area contributed by atoms with Crippen LogP contribution in [0.5, 0.6) is 0 Å². The van der Waals surface area contributed by atoms with Crippen molar-refractivity contribution in [2.75, 3.05) is 7.05 Å². The summed E-state index contributed by atoms with van der Waals surface area (Å²) < 4.78 is 0. The fourth-order valence-electron chi connectivity index (χ4n) is 3.12. The lowest BCUT2D eigenvalue weighted by Gasteiger charge is -2.37. The topological polar surface area (TPSA) is 40.5 Å². The van der Waals surface area contributed by atoms with E-state index in [1.807, 2.05) is 7.05 Å². The van der Waals surface area contributed by atoms with Crippen LogP contribution in [0.3, 0.4) is 0 Å². The Morgan fingerprint density at radius 1 is 1.22 bits per heavy atom. The van der Waals surface area contributed by atoms with Crippen molar-refractivity contribution in [3.8, 4) is 0 Å². The first-order chi connectivity index (χ1) is 8.43. The van der Waals surface area contributed by atoms with Crippen molar-refractivity contribution < 1.29 is 9.90 Å². The molecule has 0 amide bonds. The largest absolute Gasteiger partial charge is 0.480 e. The molecule has 0 aromatic heterocycles. The first-order valence-electron chi connectivity index (χ1n) is 7.38. The first kappa shape index (κ1) is 15.5. The van der Waals surface area contributed by atoms with Gasteiger partial charge < -0.3 is 5.11 Å². The van der Waals surface area contributed by atoms with E-state index >= 15 is 0 Å².